The summed E-state index contributed by atoms with van der Waals surface area (Å²) in [5.41, 5.74) is 0.0818. The van der Waals surface area contributed by atoms with Crippen LogP contribution in [0.25, 0.3) is 17.1 Å². The topological polar surface area (TPSA) is 54.3 Å². The summed E-state index contributed by atoms with van der Waals surface area (Å²) in [5.74, 6) is 0.0226. The number of benzene rings is 2. The first-order chi connectivity index (χ1) is 15.9. The maximum absolute atomic E-state index is 13.3. The van der Waals surface area contributed by atoms with E-state index in [1.54, 1.807) is 17.0 Å². The molecule has 1 amide bonds. The van der Waals surface area contributed by atoms with Crippen molar-refractivity contribution in [3.63, 3.8) is 0 Å². The highest BCUT2D eigenvalue weighted by atomic mass is 19.4. The molecule has 0 spiro atoms. The number of hydrogen-bond donors (Lipinski definition) is 0. The van der Waals surface area contributed by atoms with Crippen LogP contribution < -0.4 is 0 Å². The number of hydrogen-bond acceptors (Lipinski definition) is 4. The number of aromatic nitrogens is 3. The van der Waals surface area contributed by atoms with E-state index in [4.69, 9.17) is 0 Å². The van der Waals surface area contributed by atoms with E-state index < -0.39 is 11.7 Å². The van der Waals surface area contributed by atoms with E-state index in [9.17, 15) is 18.0 Å². The van der Waals surface area contributed by atoms with Crippen molar-refractivity contribution in [2.75, 3.05) is 26.2 Å². The molecule has 5 rings (SSSR count). The number of halogens is 3. The van der Waals surface area contributed by atoms with Crippen LogP contribution in [-0.4, -0.2) is 62.7 Å². The fourth-order valence-corrected chi connectivity index (χ4v) is 4.26. The van der Waals surface area contributed by atoms with Crippen molar-refractivity contribution >= 4 is 5.91 Å². The van der Waals surface area contributed by atoms with Crippen molar-refractivity contribution in [3.8, 4) is 17.1 Å². The molecule has 1 saturated heterocycles. The van der Waals surface area contributed by atoms with E-state index >= 15 is 0 Å². The smallest absolute Gasteiger partial charge is 0.335 e. The van der Waals surface area contributed by atoms with Crippen molar-refractivity contribution in [1.82, 2.24) is 24.6 Å². The zero-order chi connectivity index (χ0) is 23.0. The first-order valence-corrected chi connectivity index (χ1v) is 11.1. The lowest BCUT2D eigenvalue weighted by Crippen LogP contribution is -2.36. The summed E-state index contributed by atoms with van der Waals surface area (Å²) in [6.45, 7) is 2.99. The molecule has 1 aliphatic heterocycles. The summed E-state index contributed by atoms with van der Waals surface area (Å²) in [5, 5.41) is 4.39. The van der Waals surface area contributed by atoms with Crippen LogP contribution in [0.1, 0.15) is 35.4 Å². The van der Waals surface area contributed by atoms with Crippen LogP contribution in [0.3, 0.4) is 0 Å². The highest BCUT2D eigenvalue weighted by molar-refractivity contribution is 5.91. The number of rotatable bonds is 4. The molecule has 2 fully saturated rings. The van der Waals surface area contributed by atoms with Gasteiger partial charge in [0, 0.05) is 37.8 Å². The van der Waals surface area contributed by atoms with E-state index in [-0.39, 0.29) is 17.4 Å². The molecule has 33 heavy (non-hydrogen) atoms. The van der Waals surface area contributed by atoms with Gasteiger partial charge >= 0.3 is 6.18 Å². The molecule has 2 heterocycles. The number of alkyl halides is 3. The van der Waals surface area contributed by atoms with Crippen LogP contribution in [0.2, 0.25) is 0 Å². The van der Waals surface area contributed by atoms with Gasteiger partial charge in [-0.05, 0) is 37.5 Å². The highest BCUT2D eigenvalue weighted by Crippen LogP contribution is 2.31. The Morgan fingerprint density at radius 1 is 0.939 bits per heavy atom. The Labute approximate surface area is 189 Å². The van der Waals surface area contributed by atoms with Crippen LogP contribution >= 0.6 is 0 Å². The van der Waals surface area contributed by atoms with Crippen LogP contribution in [0.15, 0.2) is 54.6 Å². The average Bonchev–Trinajstić information content (AvgIpc) is 3.60. The largest absolute Gasteiger partial charge is 0.416 e. The van der Waals surface area contributed by atoms with Gasteiger partial charge in [0.05, 0.1) is 11.3 Å². The molecule has 3 aromatic rings. The van der Waals surface area contributed by atoms with E-state index in [2.05, 4.69) is 15.0 Å². The average molecular weight is 455 g/mol. The highest BCUT2D eigenvalue weighted by Gasteiger charge is 2.33. The van der Waals surface area contributed by atoms with Gasteiger partial charge in [-0.3, -0.25) is 9.69 Å². The fourth-order valence-electron chi connectivity index (χ4n) is 4.26. The van der Waals surface area contributed by atoms with Gasteiger partial charge in [-0.15, -0.1) is 5.10 Å². The lowest BCUT2D eigenvalue weighted by atomic mass is 10.2. The zero-order valence-corrected chi connectivity index (χ0v) is 18.0. The van der Waals surface area contributed by atoms with Crippen LogP contribution in [0.4, 0.5) is 13.2 Å². The molecule has 1 saturated carbocycles. The van der Waals surface area contributed by atoms with Gasteiger partial charge in [0.1, 0.15) is 0 Å². The molecule has 1 aliphatic carbocycles. The van der Waals surface area contributed by atoms with Gasteiger partial charge in [-0.25, -0.2) is 9.67 Å². The minimum atomic E-state index is -4.48. The Balaban J connectivity index is 1.49. The second-order valence-corrected chi connectivity index (χ2v) is 8.50. The fraction of sp³-hybridized carbons (Fsp3) is 0.375. The van der Waals surface area contributed by atoms with Gasteiger partial charge in [0.25, 0.3) is 5.91 Å². The molecule has 0 unspecified atom stereocenters. The molecule has 172 valence electrons. The van der Waals surface area contributed by atoms with Gasteiger partial charge in [0.2, 0.25) is 5.82 Å². The molecule has 2 aliphatic rings. The predicted octanol–water partition coefficient (Wildman–Crippen LogP) is 4.26. The molecule has 1 aromatic heterocycles. The molecule has 0 N–H and O–H groups in total. The standard InChI is InChI=1S/C24H24F3N5O/c25-24(26,27)18-8-4-9-20(16-18)32-22(17-6-2-1-3-7-17)28-21(29-32)23(33)31-13-5-12-30(14-15-31)19-10-11-19/h1-4,6-9,16,19H,5,10-15H2. The summed E-state index contributed by atoms with van der Waals surface area (Å²) >= 11 is 0. The third-order valence-corrected chi connectivity index (χ3v) is 6.13. The quantitative estimate of drug-likeness (QED) is 0.590. The maximum Gasteiger partial charge on any atom is 0.416 e. The zero-order valence-electron chi connectivity index (χ0n) is 18.0. The van der Waals surface area contributed by atoms with Crippen LogP contribution in [0.5, 0.6) is 0 Å². The van der Waals surface area contributed by atoms with E-state index in [1.807, 2.05) is 18.2 Å². The van der Waals surface area contributed by atoms with Gasteiger partial charge in [-0.1, -0.05) is 36.4 Å². The Kier molecular flexibility index (Phi) is 5.65. The van der Waals surface area contributed by atoms with Crippen molar-refractivity contribution < 1.29 is 18.0 Å². The molecule has 0 radical (unpaired) electrons. The lowest BCUT2D eigenvalue weighted by molar-refractivity contribution is -0.137. The third kappa shape index (κ3) is 4.64. The monoisotopic (exact) mass is 455 g/mol. The maximum atomic E-state index is 13.3. The molecular formula is C24H24F3N5O. The summed E-state index contributed by atoms with van der Waals surface area (Å²) in [6, 6.07) is 14.6. The summed E-state index contributed by atoms with van der Waals surface area (Å²) in [4.78, 5) is 22.0. The molecular weight excluding hydrogens is 431 g/mol. The summed E-state index contributed by atoms with van der Waals surface area (Å²) in [6.07, 6.45) is -1.17. The minimum absolute atomic E-state index is 0.00821. The summed E-state index contributed by atoms with van der Waals surface area (Å²) in [7, 11) is 0. The Morgan fingerprint density at radius 3 is 2.45 bits per heavy atom. The van der Waals surface area contributed by atoms with Gasteiger partial charge < -0.3 is 4.90 Å². The molecule has 0 atom stereocenters. The Bertz CT molecular complexity index is 1140. The molecule has 9 heteroatoms. The predicted molar refractivity (Wildman–Crippen MR) is 117 cm³/mol. The first-order valence-electron chi connectivity index (χ1n) is 11.1. The second kappa shape index (κ2) is 8.62. The molecule has 6 nitrogen and oxygen atoms in total. The van der Waals surface area contributed by atoms with Crippen molar-refractivity contribution in [2.45, 2.75) is 31.5 Å². The number of amides is 1. The Morgan fingerprint density at radius 2 is 1.73 bits per heavy atom. The van der Waals surface area contributed by atoms with E-state index in [0.29, 0.717) is 30.5 Å². The number of carbonyl (C=O) groups excluding carboxylic acids is 1. The number of nitrogens with zero attached hydrogens (tertiary/aromatic N) is 5. The molecule has 2 aromatic carbocycles. The van der Waals surface area contributed by atoms with E-state index in [0.717, 1.165) is 31.6 Å². The Hall–Kier alpha value is -3.20. The summed E-state index contributed by atoms with van der Waals surface area (Å²) < 4.78 is 41.2. The van der Waals surface area contributed by atoms with Crippen molar-refractivity contribution in [2.24, 2.45) is 0 Å². The lowest BCUT2D eigenvalue weighted by Gasteiger charge is -2.20. The SMILES string of the molecule is O=C(c1nc(-c2ccccc2)n(-c2cccc(C(F)(F)F)c2)n1)N1CCCN(C2CC2)CC1. The van der Waals surface area contributed by atoms with Crippen LogP contribution in [0, 0.1) is 0 Å². The van der Waals surface area contributed by atoms with Gasteiger partial charge in [-0.2, -0.15) is 13.2 Å². The first kappa shape index (κ1) is 21.6. The third-order valence-electron chi connectivity index (χ3n) is 6.13. The minimum Gasteiger partial charge on any atom is -0.335 e. The van der Waals surface area contributed by atoms with Crippen molar-refractivity contribution in [1.29, 1.82) is 0 Å². The van der Waals surface area contributed by atoms with Crippen LogP contribution in [-0.2, 0) is 6.18 Å². The van der Waals surface area contributed by atoms with Gasteiger partial charge in [0.15, 0.2) is 5.82 Å². The second-order valence-electron chi connectivity index (χ2n) is 8.50. The molecule has 0 bridgehead atoms. The normalized spacial score (nSPS) is 17.7. The number of carbonyl (C=O) groups is 1. The van der Waals surface area contributed by atoms with E-state index in [1.165, 1.54) is 29.7 Å². The van der Waals surface area contributed by atoms with Crippen molar-refractivity contribution in [3.05, 3.63) is 66.0 Å².